The van der Waals surface area contributed by atoms with Gasteiger partial charge in [0.25, 0.3) is 0 Å². The molecule has 6 atom stereocenters. The van der Waals surface area contributed by atoms with Crippen molar-refractivity contribution in [2.45, 2.75) is 77.0 Å². The number of aliphatic hydroxyl groups excluding tert-OH is 1. The van der Waals surface area contributed by atoms with Crippen LogP contribution >= 0.6 is 0 Å². The highest BCUT2D eigenvalue weighted by molar-refractivity contribution is 6.48. The number of aliphatic hydroxyl groups is 1. The fourth-order valence-electron chi connectivity index (χ4n) is 6.81. The minimum Gasteiger partial charge on any atom is -0.487 e. The molecule has 4 nitrogen and oxygen atoms in total. The first-order valence-corrected chi connectivity index (χ1v) is 13.8. The molecule has 1 N–H and O–H groups in total. The van der Waals surface area contributed by atoms with Gasteiger partial charge >= 0.3 is 0 Å². The summed E-state index contributed by atoms with van der Waals surface area (Å²) in [6, 6.07) is 0.500. The molecule has 0 aromatic carbocycles. The summed E-state index contributed by atoms with van der Waals surface area (Å²) in [5.74, 6) is 1.48. The van der Waals surface area contributed by atoms with E-state index in [4.69, 9.17) is 9.16 Å². The van der Waals surface area contributed by atoms with E-state index in [1.165, 1.54) is 11.1 Å². The molecule has 0 radical (unpaired) electrons. The third kappa shape index (κ3) is 2.17. The Balaban J connectivity index is 1.75. The van der Waals surface area contributed by atoms with E-state index in [0.717, 1.165) is 31.6 Å². The second-order valence-corrected chi connectivity index (χ2v) is 13.2. The molecular formula is C23H35NO3Si. The van der Waals surface area contributed by atoms with E-state index < -0.39 is 20.7 Å². The number of likely N-dealkylation sites (tertiary alicyclic amines) is 1. The summed E-state index contributed by atoms with van der Waals surface area (Å²) >= 11 is 0. The molecule has 5 heteroatoms. The van der Waals surface area contributed by atoms with Crippen molar-refractivity contribution in [1.29, 1.82) is 0 Å². The summed E-state index contributed by atoms with van der Waals surface area (Å²) in [7, 11) is 0.948. The Kier molecular flexibility index (Phi) is 3.98. The summed E-state index contributed by atoms with van der Waals surface area (Å²) in [6.07, 6.45) is 9.03. The lowest BCUT2D eigenvalue weighted by Crippen LogP contribution is -2.62. The SMILES string of the molecule is CN1CC[C@]23C4=C5O[C@H]2[C@@H](O)C=C[C@H]3[C@H]1CC4=CCC5(O[SiH](C)C)C(C)(C)C. The van der Waals surface area contributed by atoms with Gasteiger partial charge in [-0.1, -0.05) is 39.0 Å². The number of hydrogen-bond acceptors (Lipinski definition) is 4. The Labute approximate surface area is 171 Å². The summed E-state index contributed by atoms with van der Waals surface area (Å²) in [5, 5.41) is 11.0. The van der Waals surface area contributed by atoms with E-state index in [1.807, 2.05) is 6.08 Å². The topological polar surface area (TPSA) is 41.9 Å². The van der Waals surface area contributed by atoms with Crippen molar-refractivity contribution in [1.82, 2.24) is 4.90 Å². The quantitative estimate of drug-likeness (QED) is 0.569. The van der Waals surface area contributed by atoms with Gasteiger partial charge in [0.1, 0.15) is 23.6 Å². The number of rotatable bonds is 2. The predicted molar refractivity (Wildman–Crippen MR) is 113 cm³/mol. The van der Waals surface area contributed by atoms with E-state index in [9.17, 15) is 5.11 Å². The number of piperidine rings is 1. The minimum atomic E-state index is -1.31. The first-order valence-electron chi connectivity index (χ1n) is 11.0. The lowest BCUT2D eigenvalue weighted by Gasteiger charge is -2.58. The van der Waals surface area contributed by atoms with Crippen LogP contribution in [0.4, 0.5) is 0 Å². The van der Waals surface area contributed by atoms with Crippen molar-refractivity contribution in [2.24, 2.45) is 16.7 Å². The molecule has 28 heavy (non-hydrogen) atoms. The van der Waals surface area contributed by atoms with E-state index >= 15 is 0 Å². The second kappa shape index (κ2) is 5.84. The molecule has 2 aliphatic heterocycles. The molecule has 2 heterocycles. The first-order chi connectivity index (χ1) is 13.1. The van der Waals surface area contributed by atoms with Crippen molar-refractivity contribution in [3.8, 4) is 0 Å². The van der Waals surface area contributed by atoms with E-state index in [0.29, 0.717) is 12.0 Å². The monoisotopic (exact) mass is 401 g/mol. The summed E-state index contributed by atoms with van der Waals surface area (Å²) < 4.78 is 13.7. The largest absolute Gasteiger partial charge is 0.487 e. The van der Waals surface area contributed by atoms with Crippen LogP contribution in [0.1, 0.15) is 40.0 Å². The van der Waals surface area contributed by atoms with Crippen LogP contribution in [0.25, 0.3) is 0 Å². The Morgan fingerprint density at radius 1 is 1.29 bits per heavy atom. The first kappa shape index (κ1) is 19.1. The lowest BCUT2D eigenvalue weighted by atomic mass is 9.50. The van der Waals surface area contributed by atoms with Crippen LogP contribution in [-0.4, -0.2) is 56.5 Å². The van der Waals surface area contributed by atoms with Gasteiger partial charge in [-0.3, -0.25) is 0 Å². The van der Waals surface area contributed by atoms with E-state index in [-0.39, 0.29) is 16.9 Å². The van der Waals surface area contributed by atoms with Gasteiger partial charge in [-0.2, -0.15) is 0 Å². The Hall–Kier alpha value is -0.883. The molecule has 5 aliphatic rings. The summed E-state index contributed by atoms with van der Waals surface area (Å²) in [5.41, 5.74) is 2.28. The summed E-state index contributed by atoms with van der Waals surface area (Å²) in [6.45, 7) is 12.4. The maximum atomic E-state index is 11.0. The van der Waals surface area contributed by atoms with Gasteiger partial charge in [0, 0.05) is 29.4 Å². The van der Waals surface area contributed by atoms with Crippen molar-refractivity contribution in [3.05, 3.63) is 35.1 Å². The highest BCUT2D eigenvalue weighted by Gasteiger charge is 2.68. The standard InChI is InChI=1S/C23H35NO3Si/c1-21(2,3)23(27-28(5)6)10-9-14-13-16-15-7-8-17(25)19-22(15,11-12-24(16)4)18(14)20(23)26-19/h7-9,15-17,19,25,28H,10-13H2,1-6H3/t15-,16+,17-,19-,22-,23?/m0/s1. The van der Waals surface area contributed by atoms with E-state index in [1.54, 1.807) is 0 Å². The molecule has 3 aliphatic carbocycles. The van der Waals surface area contributed by atoms with Gasteiger partial charge in [0.15, 0.2) is 9.04 Å². The average molecular weight is 402 g/mol. The molecule has 5 rings (SSSR count). The van der Waals surface area contributed by atoms with Crippen LogP contribution in [0.2, 0.25) is 13.1 Å². The molecule has 1 saturated heterocycles. The van der Waals surface area contributed by atoms with Crippen LogP contribution in [-0.2, 0) is 9.16 Å². The zero-order valence-electron chi connectivity index (χ0n) is 18.2. The highest BCUT2D eigenvalue weighted by Crippen LogP contribution is 2.67. The number of hydrogen-bond donors (Lipinski definition) is 1. The fourth-order valence-corrected chi connectivity index (χ4v) is 8.17. The zero-order chi connectivity index (χ0) is 20.1. The average Bonchev–Trinajstić information content (AvgIpc) is 2.95. The van der Waals surface area contributed by atoms with Crippen molar-refractivity contribution in [2.75, 3.05) is 13.6 Å². The van der Waals surface area contributed by atoms with Crippen LogP contribution in [0, 0.1) is 16.7 Å². The van der Waals surface area contributed by atoms with Crippen LogP contribution < -0.4 is 0 Å². The van der Waals surface area contributed by atoms with Gasteiger partial charge in [0.05, 0.1) is 0 Å². The zero-order valence-corrected chi connectivity index (χ0v) is 19.3. The second-order valence-electron chi connectivity index (χ2n) is 10.9. The third-order valence-corrected chi connectivity index (χ3v) is 9.00. The predicted octanol–water partition coefficient (Wildman–Crippen LogP) is 3.40. The van der Waals surface area contributed by atoms with Gasteiger partial charge in [-0.05, 0) is 50.5 Å². The Morgan fingerprint density at radius 2 is 2.04 bits per heavy atom. The highest BCUT2D eigenvalue weighted by atomic mass is 28.3. The maximum absolute atomic E-state index is 11.0. The third-order valence-electron chi connectivity index (χ3n) is 8.13. The lowest BCUT2D eigenvalue weighted by molar-refractivity contribution is -0.112. The fraction of sp³-hybridized carbons (Fsp3) is 0.739. The van der Waals surface area contributed by atoms with E-state index in [2.05, 4.69) is 58.0 Å². The molecular weight excluding hydrogens is 366 g/mol. The molecule has 0 aromatic rings. The molecule has 1 unspecified atom stereocenters. The number of ether oxygens (including phenoxy) is 1. The molecule has 1 spiro atoms. The Morgan fingerprint density at radius 3 is 2.71 bits per heavy atom. The van der Waals surface area contributed by atoms with Crippen LogP contribution in [0.3, 0.4) is 0 Å². The van der Waals surface area contributed by atoms with Crippen molar-refractivity contribution in [3.63, 3.8) is 0 Å². The van der Waals surface area contributed by atoms with Gasteiger partial charge in [-0.25, -0.2) is 0 Å². The van der Waals surface area contributed by atoms with Crippen LogP contribution in [0.15, 0.2) is 35.1 Å². The smallest absolute Gasteiger partial charge is 0.172 e. The molecule has 1 saturated carbocycles. The maximum Gasteiger partial charge on any atom is 0.172 e. The molecule has 0 aromatic heterocycles. The van der Waals surface area contributed by atoms with Gasteiger partial charge in [0.2, 0.25) is 0 Å². The minimum absolute atomic E-state index is 0.0745. The summed E-state index contributed by atoms with van der Waals surface area (Å²) in [4.78, 5) is 2.52. The molecule has 0 amide bonds. The van der Waals surface area contributed by atoms with Crippen LogP contribution in [0.5, 0.6) is 0 Å². The molecule has 2 bridgehead atoms. The molecule has 2 fully saturated rings. The van der Waals surface area contributed by atoms with Gasteiger partial charge < -0.3 is 19.2 Å². The van der Waals surface area contributed by atoms with Crippen molar-refractivity contribution >= 4 is 9.04 Å². The number of nitrogens with zero attached hydrogens (tertiary/aromatic N) is 1. The molecule has 154 valence electrons. The normalized spacial score (nSPS) is 44.5. The Bertz CT molecular complexity index is 794. The van der Waals surface area contributed by atoms with Crippen molar-refractivity contribution < 1.29 is 14.3 Å². The van der Waals surface area contributed by atoms with Gasteiger partial charge in [-0.15, -0.1) is 0 Å².